The number of benzene rings is 1. The third kappa shape index (κ3) is 1.99. The highest BCUT2D eigenvalue weighted by atomic mass is 35.5. The van der Waals surface area contributed by atoms with Crippen molar-refractivity contribution in [3.63, 3.8) is 0 Å². The van der Waals surface area contributed by atoms with Crippen LogP contribution in [-0.4, -0.2) is 21.0 Å². The van der Waals surface area contributed by atoms with Gasteiger partial charge in [-0.05, 0) is 23.8 Å². The molecule has 2 aromatic rings. The second-order valence-electron chi connectivity index (χ2n) is 2.96. The maximum atomic E-state index is 10.3. The first-order valence-electron chi connectivity index (χ1n) is 4.20. The highest BCUT2D eigenvalue weighted by Gasteiger charge is 2.02. The third-order valence-corrected chi connectivity index (χ3v) is 2.27. The molecule has 0 bridgehead atoms. The van der Waals surface area contributed by atoms with E-state index in [9.17, 15) is 4.79 Å². The number of fused-ring (bicyclic) bond motifs is 1. The van der Waals surface area contributed by atoms with Gasteiger partial charge in [0.2, 0.25) is 0 Å². The van der Waals surface area contributed by atoms with Crippen LogP contribution in [0.5, 0.6) is 0 Å². The van der Waals surface area contributed by atoms with E-state index in [0.717, 1.165) is 17.1 Å². The van der Waals surface area contributed by atoms with Gasteiger partial charge in [0.1, 0.15) is 0 Å². The minimum Gasteiger partial charge on any atom is -0.478 e. The van der Waals surface area contributed by atoms with Gasteiger partial charge in [0.05, 0.1) is 22.4 Å². The molecule has 76 valence electrons. The molecule has 4 nitrogen and oxygen atoms in total. The van der Waals surface area contributed by atoms with Gasteiger partial charge < -0.3 is 10.1 Å². The molecule has 1 aromatic carbocycles. The van der Waals surface area contributed by atoms with E-state index in [0.29, 0.717) is 10.6 Å². The average Bonchev–Trinajstić information content (AvgIpc) is 2.60. The van der Waals surface area contributed by atoms with E-state index < -0.39 is 5.97 Å². The smallest absolute Gasteiger partial charge is 0.328 e. The molecular formula is C10H7ClN2O2. The number of carbonyl (C=O) groups is 1. The van der Waals surface area contributed by atoms with Gasteiger partial charge in [-0.1, -0.05) is 11.6 Å². The van der Waals surface area contributed by atoms with Gasteiger partial charge in [-0.15, -0.1) is 0 Å². The lowest BCUT2D eigenvalue weighted by Gasteiger charge is -1.97. The van der Waals surface area contributed by atoms with Crippen molar-refractivity contribution in [3.8, 4) is 0 Å². The Hall–Kier alpha value is -1.81. The molecule has 2 N–H and O–H groups in total. The van der Waals surface area contributed by atoms with Crippen LogP contribution in [-0.2, 0) is 4.79 Å². The summed E-state index contributed by atoms with van der Waals surface area (Å²) in [7, 11) is 0. The number of carboxylic acids is 1. The molecule has 0 atom stereocenters. The number of rotatable bonds is 2. The Morgan fingerprint density at radius 3 is 3.07 bits per heavy atom. The van der Waals surface area contributed by atoms with Crippen LogP contribution in [0.2, 0.25) is 5.02 Å². The summed E-state index contributed by atoms with van der Waals surface area (Å²) in [6.07, 6.45) is 4.05. The van der Waals surface area contributed by atoms with E-state index in [-0.39, 0.29) is 0 Å². The molecule has 0 aliphatic heterocycles. The SMILES string of the molecule is O=C(O)/C=C/c1cc2nc[nH]c2cc1Cl. The molecular weight excluding hydrogens is 216 g/mol. The predicted molar refractivity (Wildman–Crippen MR) is 57.8 cm³/mol. The van der Waals surface area contributed by atoms with Crippen LogP contribution in [0, 0.1) is 0 Å². The van der Waals surface area contributed by atoms with Gasteiger partial charge in [-0.2, -0.15) is 0 Å². The number of H-pyrrole nitrogens is 1. The number of imidazole rings is 1. The van der Waals surface area contributed by atoms with Crippen molar-refractivity contribution in [1.82, 2.24) is 9.97 Å². The lowest BCUT2D eigenvalue weighted by atomic mass is 10.2. The van der Waals surface area contributed by atoms with Crippen molar-refractivity contribution in [1.29, 1.82) is 0 Å². The Kier molecular flexibility index (Phi) is 2.43. The minimum absolute atomic E-state index is 0.490. The second kappa shape index (κ2) is 3.74. The van der Waals surface area contributed by atoms with E-state index in [4.69, 9.17) is 16.7 Å². The summed E-state index contributed by atoms with van der Waals surface area (Å²) in [6.45, 7) is 0. The van der Waals surface area contributed by atoms with E-state index >= 15 is 0 Å². The largest absolute Gasteiger partial charge is 0.478 e. The monoisotopic (exact) mass is 222 g/mol. The molecule has 0 aliphatic carbocycles. The molecule has 1 heterocycles. The number of nitrogens with zero attached hydrogens (tertiary/aromatic N) is 1. The molecule has 0 saturated carbocycles. The van der Waals surface area contributed by atoms with E-state index in [1.165, 1.54) is 6.08 Å². The molecule has 0 saturated heterocycles. The van der Waals surface area contributed by atoms with Crippen LogP contribution in [0.25, 0.3) is 17.1 Å². The maximum Gasteiger partial charge on any atom is 0.328 e. The third-order valence-electron chi connectivity index (χ3n) is 1.94. The maximum absolute atomic E-state index is 10.3. The van der Waals surface area contributed by atoms with Crippen LogP contribution in [0.3, 0.4) is 0 Å². The Labute approximate surface area is 90.2 Å². The highest BCUT2D eigenvalue weighted by Crippen LogP contribution is 2.22. The first-order chi connectivity index (χ1) is 7.16. The minimum atomic E-state index is -1.01. The Morgan fingerprint density at radius 2 is 2.33 bits per heavy atom. The first kappa shape index (κ1) is 9.73. The fourth-order valence-electron chi connectivity index (χ4n) is 1.26. The van der Waals surface area contributed by atoms with Gasteiger partial charge in [-0.25, -0.2) is 9.78 Å². The summed E-state index contributed by atoms with van der Waals surface area (Å²) >= 11 is 5.95. The van der Waals surface area contributed by atoms with Crippen LogP contribution in [0.15, 0.2) is 24.5 Å². The standard InChI is InChI=1S/C10H7ClN2O2/c11-7-4-9-8(12-5-13-9)3-6(7)1-2-10(14)15/h1-5H,(H,12,13)(H,14,15)/b2-1+. The van der Waals surface area contributed by atoms with E-state index in [1.807, 2.05) is 0 Å². The number of hydrogen-bond acceptors (Lipinski definition) is 2. The van der Waals surface area contributed by atoms with Crippen LogP contribution in [0.4, 0.5) is 0 Å². The lowest BCUT2D eigenvalue weighted by molar-refractivity contribution is -0.131. The van der Waals surface area contributed by atoms with E-state index in [2.05, 4.69) is 9.97 Å². The number of hydrogen-bond donors (Lipinski definition) is 2. The molecule has 1 aromatic heterocycles. The Bertz CT molecular complexity index is 545. The van der Waals surface area contributed by atoms with Gasteiger partial charge >= 0.3 is 5.97 Å². The van der Waals surface area contributed by atoms with Gasteiger partial charge in [0.15, 0.2) is 0 Å². The highest BCUT2D eigenvalue weighted by molar-refractivity contribution is 6.32. The number of aromatic amines is 1. The number of nitrogens with one attached hydrogen (secondary N) is 1. The zero-order valence-electron chi connectivity index (χ0n) is 7.57. The number of aliphatic carboxylic acids is 1. The zero-order valence-corrected chi connectivity index (χ0v) is 8.32. The van der Waals surface area contributed by atoms with Crippen molar-refractivity contribution in [3.05, 3.63) is 35.1 Å². The Morgan fingerprint density at radius 1 is 1.53 bits per heavy atom. The predicted octanol–water partition coefficient (Wildman–Crippen LogP) is 2.31. The van der Waals surface area contributed by atoms with Crippen molar-refractivity contribution in [2.45, 2.75) is 0 Å². The van der Waals surface area contributed by atoms with Gasteiger partial charge in [0.25, 0.3) is 0 Å². The molecule has 15 heavy (non-hydrogen) atoms. The number of aromatic nitrogens is 2. The van der Waals surface area contributed by atoms with Crippen molar-refractivity contribution < 1.29 is 9.90 Å². The van der Waals surface area contributed by atoms with Crippen LogP contribution in [0.1, 0.15) is 5.56 Å². The molecule has 2 rings (SSSR count). The average molecular weight is 223 g/mol. The van der Waals surface area contributed by atoms with Gasteiger partial charge in [-0.3, -0.25) is 0 Å². The van der Waals surface area contributed by atoms with Crippen molar-refractivity contribution in [2.24, 2.45) is 0 Å². The molecule has 0 spiro atoms. The molecule has 0 fully saturated rings. The second-order valence-corrected chi connectivity index (χ2v) is 3.37. The molecule has 5 heteroatoms. The topological polar surface area (TPSA) is 66.0 Å². The lowest BCUT2D eigenvalue weighted by Crippen LogP contribution is -1.86. The number of carboxylic acid groups (broad SMARTS) is 1. The van der Waals surface area contributed by atoms with Crippen LogP contribution < -0.4 is 0 Å². The molecule has 0 radical (unpaired) electrons. The first-order valence-corrected chi connectivity index (χ1v) is 4.58. The van der Waals surface area contributed by atoms with Gasteiger partial charge in [0, 0.05) is 6.08 Å². The van der Waals surface area contributed by atoms with E-state index in [1.54, 1.807) is 18.5 Å². The summed E-state index contributed by atoms with van der Waals surface area (Å²) in [5.41, 5.74) is 2.22. The summed E-state index contributed by atoms with van der Waals surface area (Å²) in [5.74, 6) is -1.01. The molecule has 0 aliphatic rings. The summed E-state index contributed by atoms with van der Waals surface area (Å²) < 4.78 is 0. The normalized spacial score (nSPS) is 11.3. The van der Waals surface area contributed by atoms with Crippen LogP contribution >= 0.6 is 11.6 Å². The number of halogens is 1. The fraction of sp³-hybridized carbons (Fsp3) is 0. The summed E-state index contributed by atoms with van der Waals surface area (Å²) in [5, 5.41) is 8.98. The molecule has 0 amide bonds. The fourth-order valence-corrected chi connectivity index (χ4v) is 1.49. The van der Waals surface area contributed by atoms with Crippen molar-refractivity contribution >= 4 is 34.7 Å². The van der Waals surface area contributed by atoms with Crippen molar-refractivity contribution in [2.75, 3.05) is 0 Å². The zero-order chi connectivity index (χ0) is 10.8. The molecule has 0 unspecified atom stereocenters. The summed E-state index contributed by atoms with van der Waals surface area (Å²) in [4.78, 5) is 17.3. The summed E-state index contributed by atoms with van der Waals surface area (Å²) in [6, 6.07) is 3.44. The quantitative estimate of drug-likeness (QED) is 0.767. The Balaban J connectivity index is 2.50.